The number of benzene rings is 3. The number of aryl methyl sites for hydroxylation is 1. The summed E-state index contributed by atoms with van der Waals surface area (Å²) in [4.78, 5) is 14.0. The molecule has 0 fully saturated rings. The highest BCUT2D eigenvalue weighted by molar-refractivity contribution is 7.98. The number of hydrogen-bond acceptors (Lipinski definition) is 4. The van der Waals surface area contributed by atoms with Crippen molar-refractivity contribution >= 4 is 44.1 Å². The van der Waals surface area contributed by atoms with Gasteiger partial charge < -0.3 is 9.88 Å². The van der Waals surface area contributed by atoms with Gasteiger partial charge in [-0.15, -0.1) is 11.8 Å². The standard InChI is InChI=1S/C25H24N2O3S2/c1-18-9-3-4-10-19(18)17-32(29,30)24-15-27(22-13-7-5-11-20(22)24)16-25(28)26-21-12-6-8-14-23(21)31-2/h3-15H,16-17H2,1-2H3,(H,26,28). The van der Waals surface area contributed by atoms with Crippen LogP contribution < -0.4 is 5.32 Å². The molecule has 32 heavy (non-hydrogen) atoms. The van der Waals surface area contributed by atoms with E-state index >= 15 is 0 Å². The van der Waals surface area contributed by atoms with Crippen molar-refractivity contribution in [1.82, 2.24) is 4.57 Å². The number of para-hydroxylation sites is 2. The lowest BCUT2D eigenvalue weighted by atomic mass is 10.1. The fraction of sp³-hybridized carbons (Fsp3) is 0.160. The van der Waals surface area contributed by atoms with Crippen molar-refractivity contribution in [2.24, 2.45) is 0 Å². The normalized spacial score (nSPS) is 11.6. The Balaban J connectivity index is 1.66. The first-order valence-electron chi connectivity index (χ1n) is 10.2. The van der Waals surface area contributed by atoms with Gasteiger partial charge in [0, 0.05) is 22.0 Å². The zero-order valence-corrected chi connectivity index (χ0v) is 19.5. The number of aromatic nitrogens is 1. The summed E-state index contributed by atoms with van der Waals surface area (Å²) in [5.74, 6) is -0.295. The molecule has 0 aliphatic rings. The molecule has 0 saturated carbocycles. The molecule has 1 heterocycles. The van der Waals surface area contributed by atoms with E-state index in [0.717, 1.165) is 21.7 Å². The number of carbonyl (C=O) groups is 1. The predicted octanol–water partition coefficient (Wildman–Crippen LogP) is 5.28. The number of nitrogens with one attached hydrogen (secondary N) is 1. The molecule has 0 aliphatic carbocycles. The van der Waals surface area contributed by atoms with Gasteiger partial charge in [-0.2, -0.15) is 0 Å². The van der Waals surface area contributed by atoms with E-state index in [4.69, 9.17) is 0 Å². The Morgan fingerprint density at radius 3 is 2.44 bits per heavy atom. The summed E-state index contributed by atoms with van der Waals surface area (Å²) in [6.07, 6.45) is 3.54. The van der Waals surface area contributed by atoms with E-state index in [1.807, 2.05) is 79.9 Å². The monoisotopic (exact) mass is 464 g/mol. The molecule has 0 radical (unpaired) electrons. The first-order chi connectivity index (χ1) is 15.4. The number of carbonyl (C=O) groups excluding carboxylic acids is 1. The summed E-state index contributed by atoms with van der Waals surface area (Å²) in [7, 11) is -3.60. The third-order valence-electron chi connectivity index (χ3n) is 5.39. The minimum atomic E-state index is -3.60. The number of rotatable bonds is 7. The molecule has 4 aromatic rings. The summed E-state index contributed by atoms with van der Waals surface area (Å²) in [6, 6.07) is 22.4. The first-order valence-corrected chi connectivity index (χ1v) is 13.0. The SMILES string of the molecule is CSc1ccccc1NC(=O)Cn1cc(S(=O)(=O)Cc2ccccc2C)c2ccccc21. The van der Waals surface area contributed by atoms with Crippen LogP contribution in [0.5, 0.6) is 0 Å². The maximum Gasteiger partial charge on any atom is 0.244 e. The molecule has 5 nitrogen and oxygen atoms in total. The number of thioether (sulfide) groups is 1. The highest BCUT2D eigenvalue weighted by atomic mass is 32.2. The molecule has 7 heteroatoms. The minimum absolute atomic E-state index is 0.0170. The van der Waals surface area contributed by atoms with E-state index in [9.17, 15) is 13.2 Å². The van der Waals surface area contributed by atoms with Crippen LogP contribution in [0.25, 0.3) is 10.9 Å². The molecule has 164 valence electrons. The van der Waals surface area contributed by atoms with E-state index < -0.39 is 9.84 Å². The Kier molecular flexibility index (Phi) is 6.39. The third kappa shape index (κ3) is 4.59. The van der Waals surface area contributed by atoms with Crippen molar-refractivity contribution in [3.63, 3.8) is 0 Å². The van der Waals surface area contributed by atoms with Crippen LogP contribution in [0.15, 0.2) is 88.8 Å². The smallest absolute Gasteiger partial charge is 0.244 e. The highest BCUT2D eigenvalue weighted by Crippen LogP contribution is 2.29. The average Bonchev–Trinajstić information content (AvgIpc) is 3.15. The molecule has 1 amide bonds. The van der Waals surface area contributed by atoms with Gasteiger partial charge in [0.1, 0.15) is 6.54 Å². The number of amides is 1. The summed E-state index contributed by atoms with van der Waals surface area (Å²) in [6.45, 7) is 1.92. The molecule has 0 bridgehead atoms. The van der Waals surface area contributed by atoms with Crippen LogP contribution >= 0.6 is 11.8 Å². The first kappa shape index (κ1) is 22.2. The number of fused-ring (bicyclic) bond motifs is 1. The van der Waals surface area contributed by atoms with Crippen molar-refractivity contribution in [2.75, 3.05) is 11.6 Å². The van der Waals surface area contributed by atoms with E-state index in [2.05, 4.69) is 5.32 Å². The van der Waals surface area contributed by atoms with Crippen LogP contribution in [0, 0.1) is 6.92 Å². The van der Waals surface area contributed by atoms with Gasteiger partial charge in [-0.05, 0) is 42.5 Å². The van der Waals surface area contributed by atoms with Crippen LogP contribution in [-0.4, -0.2) is 25.1 Å². The Bertz CT molecular complexity index is 1390. The Morgan fingerprint density at radius 1 is 0.969 bits per heavy atom. The zero-order valence-electron chi connectivity index (χ0n) is 17.9. The lowest BCUT2D eigenvalue weighted by Gasteiger charge is -2.10. The topological polar surface area (TPSA) is 68.2 Å². The van der Waals surface area contributed by atoms with Gasteiger partial charge >= 0.3 is 0 Å². The molecule has 1 N–H and O–H groups in total. The molecule has 3 aromatic carbocycles. The van der Waals surface area contributed by atoms with E-state index in [0.29, 0.717) is 10.9 Å². The molecule has 1 aromatic heterocycles. The van der Waals surface area contributed by atoms with Gasteiger partial charge in [0.05, 0.1) is 16.3 Å². The fourth-order valence-electron chi connectivity index (χ4n) is 3.74. The van der Waals surface area contributed by atoms with Crippen molar-refractivity contribution in [2.45, 2.75) is 29.0 Å². The molecule has 0 atom stereocenters. The van der Waals surface area contributed by atoms with Gasteiger partial charge in [0.2, 0.25) is 5.91 Å². The predicted molar refractivity (Wildman–Crippen MR) is 131 cm³/mol. The maximum atomic E-state index is 13.3. The molecular formula is C25H24N2O3S2. The maximum absolute atomic E-state index is 13.3. The molecular weight excluding hydrogens is 440 g/mol. The van der Waals surface area contributed by atoms with Crippen molar-refractivity contribution in [3.8, 4) is 0 Å². The largest absolute Gasteiger partial charge is 0.337 e. The molecule has 0 unspecified atom stereocenters. The van der Waals surface area contributed by atoms with Crippen molar-refractivity contribution in [3.05, 3.63) is 90.1 Å². The van der Waals surface area contributed by atoms with Crippen LogP contribution in [0.4, 0.5) is 5.69 Å². The second-order valence-corrected chi connectivity index (χ2v) is 10.4. The van der Waals surface area contributed by atoms with E-state index in [1.165, 1.54) is 0 Å². The van der Waals surface area contributed by atoms with Crippen LogP contribution in [0.3, 0.4) is 0 Å². The molecule has 0 spiro atoms. The van der Waals surface area contributed by atoms with Gasteiger partial charge in [-0.25, -0.2) is 8.42 Å². The van der Waals surface area contributed by atoms with Crippen molar-refractivity contribution < 1.29 is 13.2 Å². The lowest BCUT2D eigenvalue weighted by molar-refractivity contribution is -0.116. The quantitative estimate of drug-likeness (QED) is 0.378. The number of anilines is 1. The second-order valence-electron chi connectivity index (χ2n) is 7.57. The zero-order chi connectivity index (χ0) is 22.7. The van der Waals surface area contributed by atoms with Crippen LogP contribution in [-0.2, 0) is 26.9 Å². The Morgan fingerprint density at radius 2 is 1.66 bits per heavy atom. The Labute approximate surface area is 192 Å². The summed E-state index contributed by atoms with van der Waals surface area (Å²) in [5, 5.41) is 3.56. The van der Waals surface area contributed by atoms with Gasteiger partial charge in [0.15, 0.2) is 9.84 Å². The van der Waals surface area contributed by atoms with Gasteiger partial charge in [-0.1, -0.05) is 54.6 Å². The summed E-state index contributed by atoms with van der Waals surface area (Å²) < 4.78 is 28.4. The minimum Gasteiger partial charge on any atom is -0.337 e. The molecule has 0 aliphatic heterocycles. The van der Waals surface area contributed by atoms with Crippen molar-refractivity contribution in [1.29, 1.82) is 0 Å². The summed E-state index contributed by atoms with van der Waals surface area (Å²) in [5.41, 5.74) is 3.17. The highest BCUT2D eigenvalue weighted by Gasteiger charge is 2.23. The lowest BCUT2D eigenvalue weighted by Crippen LogP contribution is -2.18. The van der Waals surface area contributed by atoms with Crippen LogP contribution in [0.2, 0.25) is 0 Å². The van der Waals surface area contributed by atoms with E-state index in [-0.39, 0.29) is 23.1 Å². The second kappa shape index (κ2) is 9.22. The van der Waals surface area contributed by atoms with Crippen LogP contribution in [0.1, 0.15) is 11.1 Å². The molecule has 4 rings (SSSR count). The van der Waals surface area contributed by atoms with Gasteiger partial charge in [0.25, 0.3) is 0 Å². The summed E-state index contributed by atoms with van der Waals surface area (Å²) >= 11 is 1.55. The van der Waals surface area contributed by atoms with E-state index in [1.54, 1.807) is 28.6 Å². The fourth-order valence-corrected chi connectivity index (χ4v) is 5.98. The van der Waals surface area contributed by atoms with Gasteiger partial charge in [-0.3, -0.25) is 4.79 Å². The molecule has 0 saturated heterocycles. The number of nitrogens with zero attached hydrogens (tertiary/aromatic N) is 1. The Hall–Kier alpha value is -3.03. The average molecular weight is 465 g/mol. The third-order valence-corrected chi connectivity index (χ3v) is 7.87. The number of sulfone groups is 1. The number of hydrogen-bond donors (Lipinski definition) is 1.